The summed E-state index contributed by atoms with van der Waals surface area (Å²) in [5, 5.41) is 11.9. The van der Waals surface area contributed by atoms with Crippen LogP contribution in [0.4, 0.5) is 0 Å². The molecule has 0 heterocycles. The van der Waals surface area contributed by atoms with E-state index in [2.05, 4.69) is 5.32 Å². The van der Waals surface area contributed by atoms with E-state index in [-0.39, 0.29) is 23.6 Å². The molecule has 0 aliphatic carbocycles. The molecule has 6 nitrogen and oxygen atoms in total. The van der Waals surface area contributed by atoms with E-state index in [1.807, 2.05) is 0 Å². The molecule has 0 aliphatic rings. The van der Waals surface area contributed by atoms with Crippen LogP contribution in [0.1, 0.15) is 10.4 Å². The number of sulfone groups is 1. The van der Waals surface area contributed by atoms with Crippen LogP contribution in [0, 0.1) is 0 Å². The molecule has 0 aliphatic heterocycles. The molecule has 1 amide bonds. The van der Waals surface area contributed by atoms with Crippen molar-refractivity contribution in [3.63, 3.8) is 0 Å². The van der Waals surface area contributed by atoms with Crippen molar-refractivity contribution in [1.82, 2.24) is 5.32 Å². The van der Waals surface area contributed by atoms with E-state index in [1.54, 1.807) is 0 Å². The molecule has 7 heteroatoms. The maximum Gasteiger partial charge on any atom is 0.251 e. The maximum absolute atomic E-state index is 11.8. The van der Waals surface area contributed by atoms with Crippen molar-refractivity contribution in [1.29, 1.82) is 0 Å². The molecule has 0 radical (unpaired) electrons. The summed E-state index contributed by atoms with van der Waals surface area (Å²) in [6.45, 7) is 0.152. The predicted molar refractivity (Wildman–Crippen MR) is 69.8 cm³/mol. The van der Waals surface area contributed by atoms with Gasteiger partial charge in [-0.15, -0.1) is 0 Å². The number of carbonyl (C=O) groups excluding carboxylic acids is 1. The maximum atomic E-state index is 11.8. The summed E-state index contributed by atoms with van der Waals surface area (Å²) < 4.78 is 27.5. The molecule has 19 heavy (non-hydrogen) atoms. The average molecular weight is 287 g/mol. The highest BCUT2D eigenvalue weighted by molar-refractivity contribution is 7.90. The fraction of sp³-hybridized carbons (Fsp3) is 0.417. The van der Waals surface area contributed by atoms with E-state index >= 15 is 0 Å². The SMILES string of the molecule is COCC(O)CNC(=O)c1cccc(S(C)(=O)=O)c1. The largest absolute Gasteiger partial charge is 0.389 e. The van der Waals surface area contributed by atoms with Crippen LogP contribution in [-0.4, -0.2) is 52.1 Å². The minimum Gasteiger partial charge on any atom is -0.389 e. The first-order valence-electron chi connectivity index (χ1n) is 5.60. The van der Waals surface area contributed by atoms with Crippen molar-refractivity contribution in [2.75, 3.05) is 26.5 Å². The van der Waals surface area contributed by atoms with Gasteiger partial charge in [0.1, 0.15) is 0 Å². The lowest BCUT2D eigenvalue weighted by Crippen LogP contribution is -2.34. The molecule has 1 aromatic rings. The van der Waals surface area contributed by atoms with E-state index in [0.29, 0.717) is 0 Å². The molecular formula is C12H17NO5S. The Morgan fingerprint density at radius 1 is 1.47 bits per heavy atom. The van der Waals surface area contributed by atoms with Gasteiger partial charge in [0.15, 0.2) is 9.84 Å². The first kappa shape index (κ1) is 15.6. The first-order chi connectivity index (χ1) is 8.84. The molecule has 0 saturated heterocycles. The Bertz CT molecular complexity index is 541. The van der Waals surface area contributed by atoms with E-state index in [4.69, 9.17) is 4.74 Å². The number of methoxy groups -OCH3 is 1. The third-order valence-electron chi connectivity index (χ3n) is 2.38. The van der Waals surface area contributed by atoms with Gasteiger partial charge in [-0.3, -0.25) is 4.79 Å². The van der Waals surface area contributed by atoms with Gasteiger partial charge in [-0.05, 0) is 18.2 Å². The zero-order valence-corrected chi connectivity index (χ0v) is 11.6. The minimum absolute atomic E-state index is 0.0375. The second kappa shape index (κ2) is 6.65. The summed E-state index contributed by atoms with van der Waals surface area (Å²) in [6.07, 6.45) is 0.277. The fourth-order valence-corrected chi connectivity index (χ4v) is 2.10. The number of aliphatic hydroxyl groups is 1. The summed E-state index contributed by atoms with van der Waals surface area (Å²) in [5.41, 5.74) is 0.229. The van der Waals surface area contributed by atoms with Crippen LogP contribution in [0.15, 0.2) is 29.2 Å². The third kappa shape index (κ3) is 4.98. The van der Waals surface area contributed by atoms with Gasteiger partial charge in [-0.1, -0.05) is 6.07 Å². The molecule has 1 unspecified atom stereocenters. The molecule has 2 N–H and O–H groups in total. The molecule has 0 saturated carbocycles. The number of rotatable bonds is 6. The Morgan fingerprint density at radius 2 is 2.16 bits per heavy atom. The van der Waals surface area contributed by atoms with Crippen LogP contribution >= 0.6 is 0 Å². The van der Waals surface area contributed by atoms with Gasteiger partial charge in [0.25, 0.3) is 5.91 Å². The second-order valence-corrected chi connectivity index (χ2v) is 6.13. The number of carbonyl (C=O) groups is 1. The van der Waals surface area contributed by atoms with Crippen molar-refractivity contribution in [3.8, 4) is 0 Å². The van der Waals surface area contributed by atoms with Crippen molar-refractivity contribution >= 4 is 15.7 Å². The van der Waals surface area contributed by atoms with Crippen molar-refractivity contribution < 1.29 is 23.1 Å². The van der Waals surface area contributed by atoms with Crippen LogP contribution in [0.25, 0.3) is 0 Å². The molecule has 1 aromatic carbocycles. The molecule has 1 rings (SSSR count). The number of aliphatic hydroxyl groups excluding tert-OH is 1. The molecule has 0 bridgehead atoms. The summed E-state index contributed by atoms with van der Waals surface area (Å²) in [4.78, 5) is 11.9. The molecule has 0 spiro atoms. The van der Waals surface area contributed by atoms with E-state index in [1.165, 1.54) is 31.4 Å². The quantitative estimate of drug-likeness (QED) is 0.757. The van der Waals surface area contributed by atoms with Gasteiger partial charge in [0.2, 0.25) is 0 Å². The van der Waals surface area contributed by atoms with Crippen LogP contribution in [0.5, 0.6) is 0 Å². The van der Waals surface area contributed by atoms with Crippen molar-refractivity contribution in [2.45, 2.75) is 11.0 Å². The fourth-order valence-electron chi connectivity index (χ4n) is 1.43. The lowest BCUT2D eigenvalue weighted by Gasteiger charge is -2.11. The predicted octanol–water partition coefficient (Wildman–Crippen LogP) is -0.173. The van der Waals surface area contributed by atoms with Crippen molar-refractivity contribution in [2.24, 2.45) is 0 Å². The van der Waals surface area contributed by atoms with Gasteiger partial charge in [-0.25, -0.2) is 8.42 Å². The van der Waals surface area contributed by atoms with Crippen LogP contribution in [-0.2, 0) is 14.6 Å². The van der Waals surface area contributed by atoms with Crippen LogP contribution < -0.4 is 5.32 Å². The summed E-state index contributed by atoms with van der Waals surface area (Å²) in [7, 11) is -1.90. The number of hydrogen-bond donors (Lipinski definition) is 2. The first-order valence-corrected chi connectivity index (χ1v) is 7.49. The van der Waals surface area contributed by atoms with Gasteiger partial charge < -0.3 is 15.2 Å². The standard InChI is InChI=1S/C12H17NO5S/c1-18-8-10(14)7-13-12(15)9-4-3-5-11(6-9)19(2,16)17/h3-6,10,14H,7-8H2,1-2H3,(H,13,15). The highest BCUT2D eigenvalue weighted by atomic mass is 32.2. The average Bonchev–Trinajstić information content (AvgIpc) is 2.35. The number of nitrogens with one attached hydrogen (secondary N) is 1. The second-order valence-electron chi connectivity index (χ2n) is 4.12. The monoisotopic (exact) mass is 287 g/mol. The number of benzene rings is 1. The highest BCUT2D eigenvalue weighted by Crippen LogP contribution is 2.11. The minimum atomic E-state index is -3.35. The number of amides is 1. The summed E-state index contributed by atoms with van der Waals surface area (Å²) >= 11 is 0. The Morgan fingerprint density at radius 3 is 2.74 bits per heavy atom. The Labute approximate surface area is 112 Å². The Kier molecular flexibility index (Phi) is 5.46. The van der Waals surface area contributed by atoms with E-state index < -0.39 is 21.8 Å². The molecule has 106 valence electrons. The number of hydrogen-bond acceptors (Lipinski definition) is 5. The molecule has 1 atom stereocenters. The normalized spacial score (nSPS) is 13.0. The van der Waals surface area contributed by atoms with Crippen molar-refractivity contribution in [3.05, 3.63) is 29.8 Å². The van der Waals surface area contributed by atoms with Gasteiger partial charge in [0.05, 0.1) is 17.6 Å². The van der Waals surface area contributed by atoms with E-state index in [9.17, 15) is 18.3 Å². The molecule has 0 fully saturated rings. The summed E-state index contributed by atoms with van der Waals surface area (Å²) in [6, 6.07) is 5.73. The number of ether oxygens (including phenoxy) is 1. The third-order valence-corrected chi connectivity index (χ3v) is 3.49. The smallest absolute Gasteiger partial charge is 0.251 e. The topological polar surface area (TPSA) is 92.7 Å². The van der Waals surface area contributed by atoms with E-state index in [0.717, 1.165) is 6.26 Å². The van der Waals surface area contributed by atoms with Crippen LogP contribution in [0.2, 0.25) is 0 Å². The van der Waals surface area contributed by atoms with Gasteiger partial charge in [0, 0.05) is 25.5 Å². The molecular weight excluding hydrogens is 270 g/mol. The molecule has 0 aromatic heterocycles. The van der Waals surface area contributed by atoms with Gasteiger partial charge >= 0.3 is 0 Å². The Balaban J connectivity index is 2.73. The summed E-state index contributed by atoms with van der Waals surface area (Å²) in [5.74, 6) is -0.444. The Hall–Kier alpha value is -1.44. The lowest BCUT2D eigenvalue weighted by molar-refractivity contribution is 0.0610. The zero-order chi connectivity index (χ0) is 14.5. The zero-order valence-electron chi connectivity index (χ0n) is 10.8. The van der Waals surface area contributed by atoms with Gasteiger partial charge in [-0.2, -0.15) is 0 Å². The van der Waals surface area contributed by atoms with Crippen LogP contribution in [0.3, 0.4) is 0 Å². The highest BCUT2D eigenvalue weighted by Gasteiger charge is 2.12. The lowest BCUT2D eigenvalue weighted by atomic mass is 10.2.